The zero-order valence-electron chi connectivity index (χ0n) is 8.21. The van der Waals surface area contributed by atoms with Crippen LogP contribution in [0.1, 0.15) is 18.4 Å². The zero-order chi connectivity index (χ0) is 9.86. The predicted octanol–water partition coefficient (Wildman–Crippen LogP) is 3.17. The number of ether oxygens (including phenoxy) is 1. The van der Waals surface area contributed by atoms with Crippen LogP contribution >= 0.6 is 15.9 Å². The molecule has 76 valence electrons. The normalized spacial score (nSPS) is 26.6. The summed E-state index contributed by atoms with van der Waals surface area (Å²) in [4.78, 5) is 0. The SMILES string of the molecule is BrCC1(Cc2ccccc2)CCCO1. The van der Waals surface area contributed by atoms with Crippen LogP contribution in [0.4, 0.5) is 0 Å². The smallest absolute Gasteiger partial charge is 0.0819 e. The maximum atomic E-state index is 5.85. The van der Waals surface area contributed by atoms with Gasteiger partial charge in [0.25, 0.3) is 0 Å². The van der Waals surface area contributed by atoms with E-state index in [1.165, 1.54) is 18.4 Å². The van der Waals surface area contributed by atoms with Gasteiger partial charge in [-0.15, -0.1) is 0 Å². The van der Waals surface area contributed by atoms with E-state index < -0.39 is 0 Å². The van der Waals surface area contributed by atoms with Crippen molar-refractivity contribution in [3.05, 3.63) is 35.9 Å². The molecule has 1 unspecified atom stereocenters. The highest BCUT2D eigenvalue weighted by molar-refractivity contribution is 9.09. The van der Waals surface area contributed by atoms with E-state index in [4.69, 9.17) is 4.74 Å². The van der Waals surface area contributed by atoms with Crippen LogP contribution in [0.15, 0.2) is 30.3 Å². The first-order chi connectivity index (χ1) is 6.85. The summed E-state index contributed by atoms with van der Waals surface area (Å²) in [6.45, 7) is 0.915. The van der Waals surface area contributed by atoms with Crippen LogP contribution in [0.3, 0.4) is 0 Å². The van der Waals surface area contributed by atoms with Crippen molar-refractivity contribution in [2.45, 2.75) is 24.9 Å². The summed E-state index contributed by atoms with van der Waals surface area (Å²) in [7, 11) is 0. The van der Waals surface area contributed by atoms with Crippen molar-refractivity contribution in [2.75, 3.05) is 11.9 Å². The maximum Gasteiger partial charge on any atom is 0.0819 e. The van der Waals surface area contributed by atoms with Crippen molar-refractivity contribution in [3.8, 4) is 0 Å². The van der Waals surface area contributed by atoms with Gasteiger partial charge in [-0.05, 0) is 18.4 Å². The lowest BCUT2D eigenvalue weighted by atomic mass is 9.94. The van der Waals surface area contributed by atoms with E-state index in [-0.39, 0.29) is 5.60 Å². The van der Waals surface area contributed by atoms with Crippen LogP contribution in [0.5, 0.6) is 0 Å². The molecule has 1 aliphatic rings. The van der Waals surface area contributed by atoms with Crippen LogP contribution in [-0.2, 0) is 11.2 Å². The highest BCUT2D eigenvalue weighted by Crippen LogP contribution is 2.31. The molecule has 0 N–H and O–H groups in total. The van der Waals surface area contributed by atoms with Crippen molar-refractivity contribution in [1.82, 2.24) is 0 Å². The molecule has 1 aliphatic heterocycles. The number of hydrogen-bond acceptors (Lipinski definition) is 1. The molecule has 1 atom stereocenters. The molecule has 1 aromatic carbocycles. The maximum absolute atomic E-state index is 5.85. The lowest BCUT2D eigenvalue weighted by molar-refractivity contribution is 0.0260. The molecule has 2 heteroatoms. The summed E-state index contributed by atoms with van der Waals surface area (Å²) in [5, 5.41) is 0.939. The number of alkyl halides is 1. The van der Waals surface area contributed by atoms with Gasteiger partial charge < -0.3 is 4.74 Å². The van der Waals surface area contributed by atoms with Gasteiger partial charge in [0.2, 0.25) is 0 Å². The molecular weight excluding hydrogens is 240 g/mol. The Morgan fingerprint density at radius 3 is 2.64 bits per heavy atom. The standard InChI is InChI=1S/C12H15BrO/c13-10-12(7-4-8-14-12)9-11-5-2-1-3-6-11/h1-3,5-6H,4,7-10H2. The first kappa shape index (κ1) is 10.2. The molecule has 1 nitrogen and oxygen atoms in total. The van der Waals surface area contributed by atoms with E-state index in [2.05, 4.69) is 46.3 Å². The van der Waals surface area contributed by atoms with Crippen LogP contribution in [0, 0.1) is 0 Å². The highest BCUT2D eigenvalue weighted by Gasteiger charge is 2.33. The van der Waals surface area contributed by atoms with Gasteiger partial charge in [0.15, 0.2) is 0 Å². The average molecular weight is 255 g/mol. The lowest BCUT2D eigenvalue weighted by Gasteiger charge is -2.25. The van der Waals surface area contributed by atoms with Crippen LogP contribution in [0.2, 0.25) is 0 Å². The van der Waals surface area contributed by atoms with Gasteiger partial charge >= 0.3 is 0 Å². The van der Waals surface area contributed by atoms with E-state index in [1.807, 2.05) is 0 Å². The Morgan fingerprint density at radius 2 is 2.07 bits per heavy atom. The van der Waals surface area contributed by atoms with Gasteiger partial charge in [0, 0.05) is 18.4 Å². The van der Waals surface area contributed by atoms with Crippen LogP contribution in [-0.4, -0.2) is 17.5 Å². The predicted molar refractivity (Wildman–Crippen MR) is 61.9 cm³/mol. The number of benzene rings is 1. The molecule has 2 rings (SSSR count). The van der Waals surface area contributed by atoms with E-state index in [1.54, 1.807) is 0 Å². The fourth-order valence-corrected chi connectivity index (χ4v) is 2.66. The Hall–Kier alpha value is -0.340. The summed E-state index contributed by atoms with van der Waals surface area (Å²) in [5.74, 6) is 0. The second-order valence-corrected chi connectivity index (χ2v) is 4.49. The first-order valence-electron chi connectivity index (χ1n) is 5.08. The van der Waals surface area contributed by atoms with Crippen molar-refractivity contribution in [2.24, 2.45) is 0 Å². The topological polar surface area (TPSA) is 9.23 Å². The minimum atomic E-state index is 0.0569. The van der Waals surface area contributed by atoms with E-state index in [0.29, 0.717) is 0 Å². The molecule has 1 saturated heterocycles. The van der Waals surface area contributed by atoms with Gasteiger partial charge in [0.1, 0.15) is 0 Å². The molecule has 0 radical (unpaired) electrons. The van der Waals surface area contributed by atoms with Gasteiger partial charge in [0.05, 0.1) is 5.60 Å². The molecule has 0 aliphatic carbocycles. The lowest BCUT2D eigenvalue weighted by Crippen LogP contribution is -2.32. The van der Waals surface area contributed by atoms with Crippen molar-refractivity contribution >= 4 is 15.9 Å². The molecule has 0 bridgehead atoms. The monoisotopic (exact) mass is 254 g/mol. The van der Waals surface area contributed by atoms with E-state index in [0.717, 1.165) is 18.4 Å². The largest absolute Gasteiger partial charge is 0.374 e. The number of rotatable bonds is 3. The van der Waals surface area contributed by atoms with Crippen LogP contribution in [0.25, 0.3) is 0 Å². The van der Waals surface area contributed by atoms with Crippen LogP contribution < -0.4 is 0 Å². The molecule has 1 heterocycles. The second kappa shape index (κ2) is 4.45. The zero-order valence-corrected chi connectivity index (χ0v) is 9.79. The third-order valence-corrected chi connectivity index (χ3v) is 3.82. The molecule has 0 amide bonds. The highest BCUT2D eigenvalue weighted by atomic mass is 79.9. The molecule has 1 aromatic rings. The van der Waals surface area contributed by atoms with E-state index in [9.17, 15) is 0 Å². The fourth-order valence-electron chi connectivity index (χ4n) is 2.02. The summed E-state index contributed by atoms with van der Waals surface area (Å²) in [5.41, 5.74) is 1.43. The van der Waals surface area contributed by atoms with Gasteiger partial charge in [-0.25, -0.2) is 0 Å². The summed E-state index contributed by atoms with van der Waals surface area (Å²) < 4.78 is 5.85. The van der Waals surface area contributed by atoms with Crippen molar-refractivity contribution in [1.29, 1.82) is 0 Å². The Balaban J connectivity index is 2.08. The minimum absolute atomic E-state index is 0.0569. The van der Waals surface area contributed by atoms with E-state index >= 15 is 0 Å². The quantitative estimate of drug-likeness (QED) is 0.754. The second-order valence-electron chi connectivity index (χ2n) is 3.93. The van der Waals surface area contributed by atoms with Crippen molar-refractivity contribution in [3.63, 3.8) is 0 Å². The Kier molecular flexibility index (Phi) is 3.24. The van der Waals surface area contributed by atoms with Crippen molar-refractivity contribution < 1.29 is 4.74 Å². The summed E-state index contributed by atoms with van der Waals surface area (Å²) >= 11 is 3.57. The Labute approximate surface area is 93.6 Å². The Morgan fingerprint density at radius 1 is 1.29 bits per heavy atom. The van der Waals surface area contributed by atoms with Gasteiger partial charge in [-0.1, -0.05) is 46.3 Å². The molecule has 14 heavy (non-hydrogen) atoms. The third kappa shape index (κ3) is 2.18. The Bertz CT molecular complexity index is 278. The minimum Gasteiger partial charge on any atom is -0.374 e. The first-order valence-corrected chi connectivity index (χ1v) is 6.21. The molecular formula is C12H15BrO. The number of hydrogen-bond donors (Lipinski definition) is 0. The molecule has 0 aromatic heterocycles. The third-order valence-electron chi connectivity index (χ3n) is 2.80. The van der Waals surface area contributed by atoms with Gasteiger partial charge in [-0.2, -0.15) is 0 Å². The fraction of sp³-hybridized carbons (Fsp3) is 0.500. The number of halogens is 1. The molecule has 1 fully saturated rings. The van der Waals surface area contributed by atoms with Gasteiger partial charge in [-0.3, -0.25) is 0 Å². The molecule has 0 saturated carbocycles. The average Bonchev–Trinajstić information content (AvgIpc) is 2.69. The summed E-state index contributed by atoms with van der Waals surface area (Å²) in [6, 6.07) is 10.6. The summed E-state index contributed by atoms with van der Waals surface area (Å²) in [6.07, 6.45) is 3.39. The molecule has 0 spiro atoms.